The zero-order chi connectivity index (χ0) is 16.2. The quantitative estimate of drug-likeness (QED) is 0.631. The number of piperidine rings is 1. The van der Waals surface area contributed by atoms with Gasteiger partial charge in [-0.1, -0.05) is 11.6 Å². The summed E-state index contributed by atoms with van der Waals surface area (Å²) in [6.07, 6.45) is 4.93. The number of nitro groups is 1. The number of ether oxygens (including phenoxy) is 1. The Bertz CT molecular complexity index is 670. The van der Waals surface area contributed by atoms with Gasteiger partial charge in [0.05, 0.1) is 22.3 Å². The Morgan fingerprint density at radius 2 is 1.78 bits per heavy atom. The highest BCUT2D eigenvalue weighted by atomic mass is 35.5. The molecule has 0 radical (unpaired) electrons. The number of nitro benzene ring substituents is 1. The predicted octanol–water partition coefficient (Wildman–Crippen LogP) is 3.09. The summed E-state index contributed by atoms with van der Waals surface area (Å²) in [6, 6.07) is 6.16. The van der Waals surface area contributed by atoms with Crippen LogP contribution in [0.5, 0.6) is 5.75 Å². The first kappa shape index (κ1) is 15.5. The van der Waals surface area contributed by atoms with Crippen LogP contribution in [-0.4, -0.2) is 34.1 Å². The van der Waals surface area contributed by atoms with Crippen LogP contribution in [0.25, 0.3) is 0 Å². The zero-order valence-electron chi connectivity index (χ0n) is 12.3. The average molecular weight is 335 g/mol. The van der Waals surface area contributed by atoms with Crippen molar-refractivity contribution in [2.75, 3.05) is 18.0 Å². The van der Waals surface area contributed by atoms with E-state index < -0.39 is 4.92 Å². The molecule has 1 fully saturated rings. The average Bonchev–Trinajstić information content (AvgIpc) is 2.57. The minimum Gasteiger partial charge on any atom is -0.490 e. The van der Waals surface area contributed by atoms with E-state index in [-0.39, 0.29) is 11.8 Å². The molecular weight excluding hydrogens is 320 g/mol. The maximum absolute atomic E-state index is 10.6. The third-order valence-electron chi connectivity index (χ3n) is 3.68. The van der Waals surface area contributed by atoms with Crippen molar-refractivity contribution in [1.29, 1.82) is 0 Å². The van der Waals surface area contributed by atoms with Crippen LogP contribution < -0.4 is 9.64 Å². The fourth-order valence-corrected chi connectivity index (χ4v) is 2.58. The van der Waals surface area contributed by atoms with Gasteiger partial charge in [0.1, 0.15) is 11.9 Å². The monoisotopic (exact) mass is 334 g/mol. The molecule has 1 saturated heterocycles. The van der Waals surface area contributed by atoms with Crippen molar-refractivity contribution in [2.24, 2.45) is 0 Å². The van der Waals surface area contributed by atoms with Crippen molar-refractivity contribution < 1.29 is 9.66 Å². The van der Waals surface area contributed by atoms with Crippen LogP contribution in [0.15, 0.2) is 36.7 Å². The molecular formula is C15H15ClN4O3. The fourth-order valence-electron chi connectivity index (χ4n) is 2.48. The van der Waals surface area contributed by atoms with E-state index in [0.29, 0.717) is 16.7 Å². The number of aromatic nitrogens is 2. The number of rotatable bonds is 4. The molecule has 3 rings (SSSR count). The van der Waals surface area contributed by atoms with Crippen LogP contribution >= 0.6 is 11.6 Å². The van der Waals surface area contributed by atoms with E-state index in [4.69, 9.17) is 16.3 Å². The molecule has 1 aromatic heterocycles. The molecule has 7 nitrogen and oxygen atoms in total. The van der Waals surface area contributed by atoms with Crippen LogP contribution in [0.2, 0.25) is 5.02 Å². The van der Waals surface area contributed by atoms with Gasteiger partial charge < -0.3 is 9.64 Å². The van der Waals surface area contributed by atoms with Gasteiger partial charge in [-0.2, -0.15) is 0 Å². The van der Waals surface area contributed by atoms with E-state index in [1.54, 1.807) is 24.5 Å². The van der Waals surface area contributed by atoms with Crippen molar-refractivity contribution >= 4 is 23.2 Å². The first-order valence-electron chi connectivity index (χ1n) is 7.25. The van der Waals surface area contributed by atoms with Gasteiger partial charge in [0.25, 0.3) is 5.69 Å². The summed E-state index contributed by atoms with van der Waals surface area (Å²) < 4.78 is 5.88. The van der Waals surface area contributed by atoms with E-state index in [1.165, 1.54) is 12.1 Å². The maximum atomic E-state index is 10.6. The van der Waals surface area contributed by atoms with Crippen molar-refractivity contribution in [3.05, 3.63) is 51.8 Å². The molecule has 1 aliphatic rings. The Labute approximate surface area is 138 Å². The van der Waals surface area contributed by atoms with E-state index in [1.807, 2.05) is 0 Å². The first-order chi connectivity index (χ1) is 11.1. The lowest BCUT2D eigenvalue weighted by Gasteiger charge is -2.32. The number of benzene rings is 1. The Morgan fingerprint density at radius 1 is 1.17 bits per heavy atom. The van der Waals surface area contributed by atoms with Gasteiger partial charge in [-0.25, -0.2) is 9.97 Å². The standard InChI is InChI=1S/C15H15ClN4O3/c16-11-9-17-15(18-10-11)19-7-5-14(6-8-19)23-13-3-1-12(2-4-13)20(21)22/h1-4,9-10,14H,5-8H2. The highest BCUT2D eigenvalue weighted by molar-refractivity contribution is 6.30. The second-order valence-corrected chi connectivity index (χ2v) is 5.69. The van der Waals surface area contributed by atoms with E-state index in [2.05, 4.69) is 14.9 Å². The fraction of sp³-hybridized carbons (Fsp3) is 0.333. The summed E-state index contributed by atoms with van der Waals surface area (Å²) in [5.74, 6) is 1.32. The van der Waals surface area contributed by atoms with Crippen molar-refractivity contribution in [1.82, 2.24) is 9.97 Å². The van der Waals surface area contributed by atoms with Gasteiger partial charge in [-0.15, -0.1) is 0 Å². The summed E-state index contributed by atoms with van der Waals surface area (Å²) in [6.45, 7) is 1.58. The van der Waals surface area contributed by atoms with Gasteiger partial charge in [-0.3, -0.25) is 10.1 Å². The normalized spacial score (nSPS) is 15.4. The lowest BCUT2D eigenvalue weighted by Crippen LogP contribution is -2.39. The minimum absolute atomic E-state index is 0.0621. The van der Waals surface area contributed by atoms with Gasteiger partial charge >= 0.3 is 0 Å². The van der Waals surface area contributed by atoms with Crippen molar-refractivity contribution in [3.63, 3.8) is 0 Å². The third kappa shape index (κ3) is 3.87. The molecule has 120 valence electrons. The van der Waals surface area contributed by atoms with Crippen LogP contribution in [0.3, 0.4) is 0 Å². The molecule has 0 saturated carbocycles. The molecule has 0 atom stereocenters. The Balaban J connectivity index is 1.54. The molecule has 0 N–H and O–H groups in total. The minimum atomic E-state index is -0.422. The van der Waals surface area contributed by atoms with Crippen molar-refractivity contribution in [2.45, 2.75) is 18.9 Å². The van der Waals surface area contributed by atoms with Gasteiger partial charge in [0.15, 0.2) is 0 Å². The largest absolute Gasteiger partial charge is 0.490 e. The van der Waals surface area contributed by atoms with Gasteiger partial charge in [0, 0.05) is 38.1 Å². The number of non-ortho nitro benzene ring substituents is 1. The highest BCUT2D eigenvalue weighted by Crippen LogP contribution is 2.23. The SMILES string of the molecule is O=[N+]([O-])c1ccc(OC2CCN(c3ncc(Cl)cn3)CC2)cc1. The molecule has 0 amide bonds. The van der Waals surface area contributed by atoms with E-state index in [0.717, 1.165) is 25.9 Å². The number of nitrogens with zero attached hydrogens (tertiary/aromatic N) is 4. The number of halogens is 1. The highest BCUT2D eigenvalue weighted by Gasteiger charge is 2.22. The number of hydrogen-bond donors (Lipinski definition) is 0. The topological polar surface area (TPSA) is 81.4 Å². The number of anilines is 1. The summed E-state index contributed by atoms with van der Waals surface area (Å²) >= 11 is 5.79. The smallest absolute Gasteiger partial charge is 0.269 e. The lowest BCUT2D eigenvalue weighted by atomic mass is 10.1. The molecule has 0 aliphatic carbocycles. The maximum Gasteiger partial charge on any atom is 0.269 e. The van der Waals surface area contributed by atoms with Crippen LogP contribution in [0, 0.1) is 10.1 Å². The third-order valence-corrected chi connectivity index (χ3v) is 3.88. The van der Waals surface area contributed by atoms with Crippen LogP contribution in [0.4, 0.5) is 11.6 Å². The zero-order valence-corrected chi connectivity index (χ0v) is 13.0. The molecule has 23 heavy (non-hydrogen) atoms. The van der Waals surface area contributed by atoms with E-state index in [9.17, 15) is 10.1 Å². The molecule has 0 spiro atoms. The molecule has 2 aromatic rings. The van der Waals surface area contributed by atoms with Crippen LogP contribution in [-0.2, 0) is 0 Å². The molecule has 0 unspecified atom stereocenters. The lowest BCUT2D eigenvalue weighted by molar-refractivity contribution is -0.384. The molecule has 2 heterocycles. The molecule has 1 aliphatic heterocycles. The van der Waals surface area contributed by atoms with Gasteiger partial charge in [-0.05, 0) is 12.1 Å². The molecule has 1 aromatic carbocycles. The Morgan fingerprint density at radius 3 is 2.35 bits per heavy atom. The van der Waals surface area contributed by atoms with Crippen molar-refractivity contribution in [3.8, 4) is 5.75 Å². The summed E-state index contributed by atoms with van der Waals surface area (Å²) in [5, 5.41) is 11.2. The Hall–Kier alpha value is -2.41. The second kappa shape index (κ2) is 6.78. The Kier molecular flexibility index (Phi) is 4.57. The summed E-state index contributed by atoms with van der Waals surface area (Å²) in [4.78, 5) is 20.7. The predicted molar refractivity (Wildman–Crippen MR) is 86.0 cm³/mol. The molecule has 8 heteroatoms. The second-order valence-electron chi connectivity index (χ2n) is 5.26. The first-order valence-corrected chi connectivity index (χ1v) is 7.63. The molecule has 0 bridgehead atoms. The number of hydrogen-bond acceptors (Lipinski definition) is 6. The summed E-state index contributed by atoms with van der Waals surface area (Å²) in [5.41, 5.74) is 0.0621. The van der Waals surface area contributed by atoms with Crippen LogP contribution in [0.1, 0.15) is 12.8 Å². The van der Waals surface area contributed by atoms with E-state index >= 15 is 0 Å². The summed E-state index contributed by atoms with van der Waals surface area (Å²) in [7, 11) is 0. The van der Waals surface area contributed by atoms with Gasteiger partial charge in [0.2, 0.25) is 5.95 Å².